The third-order valence-electron chi connectivity index (χ3n) is 1.96. The highest BCUT2D eigenvalue weighted by Crippen LogP contribution is 2.07. The van der Waals surface area contributed by atoms with Crippen molar-refractivity contribution >= 4 is 5.65 Å². The molecule has 0 spiro atoms. The van der Waals surface area contributed by atoms with Crippen molar-refractivity contribution in [1.29, 1.82) is 0 Å². The van der Waals surface area contributed by atoms with Gasteiger partial charge in [0.25, 0.3) is 0 Å². The lowest BCUT2D eigenvalue weighted by atomic mass is 10.3. The Balaban J connectivity index is 2.36. The van der Waals surface area contributed by atoms with Gasteiger partial charge in [-0.15, -0.1) is 0 Å². The van der Waals surface area contributed by atoms with Crippen molar-refractivity contribution in [3.8, 4) is 0 Å². The highest BCUT2D eigenvalue weighted by molar-refractivity contribution is 5.38. The van der Waals surface area contributed by atoms with Crippen LogP contribution < -0.4 is 5.73 Å². The fraction of sp³-hybridized carbons (Fsp3) is 0.333. The molecule has 0 saturated carbocycles. The van der Waals surface area contributed by atoms with Crippen molar-refractivity contribution in [3.05, 3.63) is 30.0 Å². The van der Waals surface area contributed by atoms with Crippen LogP contribution in [0.15, 0.2) is 18.3 Å². The summed E-state index contributed by atoms with van der Waals surface area (Å²) in [4.78, 5) is 4.07. The molecule has 14 heavy (non-hydrogen) atoms. The molecule has 0 aliphatic carbocycles. The van der Waals surface area contributed by atoms with E-state index in [0.29, 0.717) is 18.8 Å². The second-order valence-electron chi connectivity index (χ2n) is 3.04. The van der Waals surface area contributed by atoms with Crippen LogP contribution in [0.1, 0.15) is 12.2 Å². The number of pyridine rings is 1. The Hall–Kier alpha value is -1.49. The predicted octanol–water partition coefficient (Wildman–Crippen LogP) is 0.760. The molecule has 2 rings (SSSR count). The molecule has 0 aromatic carbocycles. The molecule has 0 saturated heterocycles. The molecule has 0 bridgehead atoms. The van der Waals surface area contributed by atoms with E-state index in [4.69, 9.17) is 5.73 Å². The molecular formula is C9H11FN4. The van der Waals surface area contributed by atoms with E-state index in [1.165, 1.54) is 10.6 Å². The summed E-state index contributed by atoms with van der Waals surface area (Å²) in [6, 6.07) is 2.97. The fourth-order valence-electron chi connectivity index (χ4n) is 1.28. The van der Waals surface area contributed by atoms with Crippen LogP contribution in [0, 0.1) is 5.82 Å². The lowest BCUT2D eigenvalue weighted by molar-refractivity contribution is 0.627. The Morgan fingerprint density at radius 3 is 3.07 bits per heavy atom. The summed E-state index contributed by atoms with van der Waals surface area (Å²) >= 11 is 0. The number of hydrogen-bond donors (Lipinski definition) is 1. The van der Waals surface area contributed by atoms with E-state index in [2.05, 4.69) is 10.1 Å². The number of nitrogens with two attached hydrogens (primary N) is 1. The van der Waals surface area contributed by atoms with E-state index in [1.807, 2.05) is 0 Å². The fourth-order valence-corrected chi connectivity index (χ4v) is 1.28. The molecule has 74 valence electrons. The maximum Gasteiger partial charge on any atom is 0.191 e. The molecule has 0 radical (unpaired) electrons. The van der Waals surface area contributed by atoms with Gasteiger partial charge in [0.15, 0.2) is 17.3 Å². The van der Waals surface area contributed by atoms with Crippen molar-refractivity contribution in [2.75, 3.05) is 6.54 Å². The first-order chi connectivity index (χ1) is 6.81. The van der Waals surface area contributed by atoms with Crippen molar-refractivity contribution in [2.24, 2.45) is 5.73 Å². The minimum absolute atomic E-state index is 0.277. The van der Waals surface area contributed by atoms with E-state index in [-0.39, 0.29) is 11.5 Å². The predicted molar refractivity (Wildman–Crippen MR) is 50.3 cm³/mol. The molecule has 0 fully saturated rings. The zero-order chi connectivity index (χ0) is 9.97. The average molecular weight is 194 g/mol. The summed E-state index contributed by atoms with van der Waals surface area (Å²) in [7, 11) is 0. The van der Waals surface area contributed by atoms with E-state index in [9.17, 15) is 4.39 Å². The number of aromatic nitrogens is 3. The summed E-state index contributed by atoms with van der Waals surface area (Å²) in [5.74, 6) is 0.291. The summed E-state index contributed by atoms with van der Waals surface area (Å²) in [6.45, 7) is 0.595. The number of rotatable bonds is 3. The van der Waals surface area contributed by atoms with Gasteiger partial charge in [0, 0.05) is 12.6 Å². The van der Waals surface area contributed by atoms with E-state index in [0.717, 1.165) is 6.42 Å². The standard InChI is InChI=1S/C9H11FN4/c10-7-3-2-6-14-9(7)12-8(13-14)4-1-5-11/h2-3,6H,1,4-5,11H2. The molecular weight excluding hydrogens is 183 g/mol. The first-order valence-corrected chi connectivity index (χ1v) is 4.51. The van der Waals surface area contributed by atoms with Crippen LogP contribution in [0.4, 0.5) is 4.39 Å². The van der Waals surface area contributed by atoms with Crippen LogP contribution in [0.3, 0.4) is 0 Å². The largest absolute Gasteiger partial charge is 0.330 e. The van der Waals surface area contributed by atoms with E-state index in [1.54, 1.807) is 12.3 Å². The summed E-state index contributed by atoms with van der Waals surface area (Å²) in [5.41, 5.74) is 5.64. The van der Waals surface area contributed by atoms with Gasteiger partial charge in [-0.05, 0) is 25.1 Å². The second kappa shape index (κ2) is 3.71. The summed E-state index contributed by atoms with van der Waals surface area (Å²) < 4.78 is 14.6. The maximum atomic E-state index is 13.2. The molecule has 2 aromatic rings. The third kappa shape index (κ3) is 1.58. The molecule has 2 aromatic heterocycles. The Bertz CT molecular complexity index is 437. The summed E-state index contributed by atoms with van der Waals surface area (Å²) in [5, 5.41) is 4.12. The van der Waals surface area contributed by atoms with Gasteiger partial charge in [0.05, 0.1) is 0 Å². The first-order valence-electron chi connectivity index (χ1n) is 4.51. The van der Waals surface area contributed by atoms with Gasteiger partial charge in [-0.2, -0.15) is 5.10 Å². The number of hydrogen-bond acceptors (Lipinski definition) is 3. The van der Waals surface area contributed by atoms with Gasteiger partial charge in [-0.1, -0.05) is 0 Å². The second-order valence-corrected chi connectivity index (χ2v) is 3.04. The van der Waals surface area contributed by atoms with Crippen molar-refractivity contribution < 1.29 is 4.39 Å². The minimum atomic E-state index is -0.348. The highest BCUT2D eigenvalue weighted by atomic mass is 19.1. The lowest BCUT2D eigenvalue weighted by Crippen LogP contribution is -2.01. The number of nitrogens with zero attached hydrogens (tertiary/aromatic N) is 3. The Labute approximate surface area is 80.6 Å². The molecule has 0 aliphatic heterocycles. The average Bonchev–Trinajstić information content (AvgIpc) is 2.59. The van der Waals surface area contributed by atoms with Gasteiger partial charge >= 0.3 is 0 Å². The van der Waals surface area contributed by atoms with Gasteiger partial charge in [0.2, 0.25) is 0 Å². The van der Waals surface area contributed by atoms with E-state index >= 15 is 0 Å². The smallest absolute Gasteiger partial charge is 0.191 e. The van der Waals surface area contributed by atoms with Gasteiger partial charge < -0.3 is 5.73 Å². The van der Waals surface area contributed by atoms with Gasteiger partial charge in [-0.25, -0.2) is 13.9 Å². The van der Waals surface area contributed by atoms with Crippen LogP contribution >= 0.6 is 0 Å². The van der Waals surface area contributed by atoms with E-state index < -0.39 is 0 Å². The highest BCUT2D eigenvalue weighted by Gasteiger charge is 2.06. The van der Waals surface area contributed by atoms with Crippen molar-refractivity contribution in [3.63, 3.8) is 0 Å². The Kier molecular flexibility index (Phi) is 2.41. The molecule has 0 aliphatic rings. The normalized spacial score (nSPS) is 11.0. The topological polar surface area (TPSA) is 56.2 Å². The Morgan fingerprint density at radius 1 is 1.50 bits per heavy atom. The molecule has 0 amide bonds. The van der Waals surface area contributed by atoms with Crippen LogP contribution in [0.5, 0.6) is 0 Å². The lowest BCUT2D eigenvalue weighted by Gasteiger charge is -1.89. The van der Waals surface area contributed by atoms with Crippen LogP contribution in [0.25, 0.3) is 5.65 Å². The number of halogens is 1. The molecule has 5 heteroatoms. The molecule has 0 unspecified atom stereocenters. The SMILES string of the molecule is NCCCc1nc2c(F)cccn2n1. The van der Waals surface area contributed by atoms with Crippen molar-refractivity contribution in [2.45, 2.75) is 12.8 Å². The van der Waals surface area contributed by atoms with Crippen molar-refractivity contribution in [1.82, 2.24) is 14.6 Å². The van der Waals surface area contributed by atoms with Crippen LogP contribution in [-0.4, -0.2) is 21.1 Å². The summed E-state index contributed by atoms with van der Waals surface area (Å²) in [6.07, 6.45) is 3.19. The maximum absolute atomic E-state index is 13.2. The van der Waals surface area contributed by atoms with Crippen LogP contribution in [-0.2, 0) is 6.42 Å². The third-order valence-corrected chi connectivity index (χ3v) is 1.96. The molecule has 2 heterocycles. The monoisotopic (exact) mass is 194 g/mol. The molecule has 4 nitrogen and oxygen atoms in total. The minimum Gasteiger partial charge on any atom is -0.330 e. The molecule has 0 atom stereocenters. The zero-order valence-corrected chi connectivity index (χ0v) is 7.65. The van der Waals surface area contributed by atoms with Crippen LogP contribution in [0.2, 0.25) is 0 Å². The molecule has 2 N–H and O–H groups in total. The number of fused-ring (bicyclic) bond motifs is 1. The van der Waals surface area contributed by atoms with Gasteiger partial charge in [0.1, 0.15) is 0 Å². The number of aryl methyl sites for hydroxylation is 1. The Morgan fingerprint density at radius 2 is 2.36 bits per heavy atom. The first kappa shape index (κ1) is 9.08. The van der Waals surface area contributed by atoms with Gasteiger partial charge in [-0.3, -0.25) is 0 Å². The zero-order valence-electron chi connectivity index (χ0n) is 7.65. The quantitative estimate of drug-likeness (QED) is 0.784.